The van der Waals surface area contributed by atoms with E-state index in [0.29, 0.717) is 11.8 Å². The molecule has 0 radical (unpaired) electrons. The van der Waals surface area contributed by atoms with E-state index in [-0.39, 0.29) is 0 Å². The minimum Gasteiger partial charge on any atom is -0.306 e. The Bertz CT molecular complexity index is 482. The first-order chi connectivity index (χ1) is 8.11. The number of hydrogen-bond acceptors (Lipinski definition) is 1. The Labute approximate surface area is 103 Å². The fourth-order valence-corrected chi connectivity index (χ4v) is 2.33. The van der Waals surface area contributed by atoms with E-state index >= 15 is 0 Å². The van der Waals surface area contributed by atoms with E-state index < -0.39 is 0 Å². The molecule has 0 bridgehead atoms. The van der Waals surface area contributed by atoms with Gasteiger partial charge in [0.05, 0.1) is 12.0 Å². The average Bonchev–Trinajstić information content (AvgIpc) is 2.81. The molecule has 17 heavy (non-hydrogen) atoms. The van der Waals surface area contributed by atoms with Crippen LogP contribution in [0.25, 0.3) is 5.69 Å². The van der Waals surface area contributed by atoms with Crippen molar-refractivity contribution in [3.05, 3.63) is 48.0 Å². The lowest BCUT2D eigenvalue weighted by atomic mass is 9.89. The van der Waals surface area contributed by atoms with Crippen LogP contribution in [-0.4, -0.2) is 9.55 Å². The number of rotatable bonds is 3. The summed E-state index contributed by atoms with van der Waals surface area (Å²) in [6.07, 6.45) is 5.70. The largest absolute Gasteiger partial charge is 0.306 e. The molecule has 0 N–H and O–H groups in total. The maximum atomic E-state index is 4.14. The van der Waals surface area contributed by atoms with E-state index in [9.17, 15) is 0 Å². The van der Waals surface area contributed by atoms with Crippen LogP contribution in [-0.2, 0) is 0 Å². The van der Waals surface area contributed by atoms with Crippen molar-refractivity contribution in [2.45, 2.75) is 39.5 Å². The van der Waals surface area contributed by atoms with Crippen molar-refractivity contribution in [1.29, 1.82) is 0 Å². The lowest BCUT2D eigenvalue weighted by molar-refractivity contribution is 0.778. The van der Waals surface area contributed by atoms with Gasteiger partial charge >= 0.3 is 0 Å². The summed E-state index contributed by atoms with van der Waals surface area (Å²) in [4.78, 5) is 4.14. The minimum atomic E-state index is 0.519. The highest BCUT2D eigenvalue weighted by Gasteiger charge is 2.14. The Morgan fingerprint density at radius 3 is 2.35 bits per heavy atom. The number of benzene rings is 1. The van der Waals surface area contributed by atoms with Crippen LogP contribution < -0.4 is 0 Å². The van der Waals surface area contributed by atoms with Crippen LogP contribution in [0.3, 0.4) is 0 Å². The number of aromatic nitrogens is 2. The van der Waals surface area contributed by atoms with Crippen molar-refractivity contribution in [1.82, 2.24) is 9.55 Å². The molecule has 1 heterocycles. The van der Waals surface area contributed by atoms with E-state index in [1.54, 1.807) is 0 Å². The summed E-state index contributed by atoms with van der Waals surface area (Å²) >= 11 is 0. The van der Waals surface area contributed by atoms with Gasteiger partial charge in [0.25, 0.3) is 0 Å². The molecule has 2 aromatic rings. The van der Waals surface area contributed by atoms with Gasteiger partial charge in [-0.2, -0.15) is 0 Å². The second-order valence-corrected chi connectivity index (χ2v) is 5.06. The van der Waals surface area contributed by atoms with Crippen molar-refractivity contribution in [3.8, 4) is 5.69 Å². The molecule has 0 saturated carbocycles. The molecule has 0 aliphatic heterocycles. The smallest absolute Gasteiger partial charge is 0.0991 e. The Morgan fingerprint density at radius 2 is 1.82 bits per heavy atom. The molecular formula is C15H20N2. The molecular weight excluding hydrogens is 208 g/mol. The first-order valence-corrected chi connectivity index (χ1v) is 6.22. The lowest BCUT2D eigenvalue weighted by Gasteiger charge is -2.20. The van der Waals surface area contributed by atoms with E-state index in [4.69, 9.17) is 0 Å². The normalized spacial score (nSPS) is 11.4. The van der Waals surface area contributed by atoms with Gasteiger partial charge in [0.15, 0.2) is 0 Å². The topological polar surface area (TPSA) is 17.8 Å². The Balaban J connectivity index is 2.63. The van der Waals surface area contributed by atoms with Crippen molar-refractivity contribution in [3.63, 3.8) is 0 Å². The van der Waals surface area contributed by atoms with Gasteiger partial charge in [-0.25, -0.2) is 4.98 Å². The Morgan fingerprint density at radius 1 is 1.06 bits per heavy atom. The van der Waals surface area contributed by atoms with Gasteiger partial charge in [-0.3, -0.25) is 0 Å². The van der Waals surface area contributed by atoms with Crippen LogP contribution in [0.2, 0.25) is 0 Å². The maximum Gasteiger partial charge on any atom is 0.0991 e. The van der Waals surface area contributed by atoms with E-state index in [1.165, 1.54) is 16.8 Å². The molecule has 0 saturated heterocycles. The second-order valence-electron chi connectivity index (χ2n) is 5.06. The third-order valence-electron chi connectivity index (χ3n) is 3.10. The molecule has 1 aromatic heterocycles. The molecule has 0 spiro atoms. The Kier molecular flexibility index (Phi) is 3.32. The predicted molar refractivity (Wildman–Crippen MR) is 71.7 cm³/mol. The number of nitrogens with zero attached hydrogens (tertiary/aromatic N) is 2. The summed E-state index contributed by atoms with van der Waals surface area (Å²) in [6.45, 7) is 9.00. The quantitative estimate of drug-likeness (QED) is 0.772. The van der Waals surface area contributed by atoms with Crippen LogP contribution in [0, 0.1) is 0 Å². The molecule has 0 fully saturated rings. The fourth-order valence-electron chi connectivity index (χ4n) is 2.33. The lowest BCUT2D eigenvalue weighted by Crippen LogP contribution is -2.05. The zero-order valence-corrected chi connectivity index (χ0v) is 11.0. The molecule has 0 atom stereocenters. The average molecular weight is 228 g/mol. The van der Waals surface area contributed by atoms with Crippen molar-refractivity contribution in [2.75, 3.05) is 0 Å². The van der Waals surface area contributed by atoms with Crippen LogP contribution in [0.1, 0.15) is 50.7 Å². The summed E-state index contributed by atoms with van der Waals surface area (Å²) in [7, 11) is 0. The second kappa shape index (κ2) is 4.74. The van der Waals surface area contributed by atoms with E-state index in [0.717, 1.165) is 0 Å². The molecule has 2 nitrogen and oxygen atoms in total. The predicted octanol–water partition coefficient (Wildman–Crippen LogP) is 4.12. The van der Waals surface area contributed by atoms with Gasteiger partial charge in [0.1, 0.15) is 0 Å². The first-order valence-electron chi connectivity index (χ1n) is 6.22. The Hall–Kier alpha value is -1.57. The van der Waals surface area contributed by atoms with Gasteiger partial charge in [-0.15, -0.1) is 0 Å². The summed E-state index contributed by atoms with van der Waals surface area (Å²) in [5.74, 6) is 1.07. The first kappa shape index (κ1) is 11.9. The van der Waals surface area contributed by atoms with Crippen molar-refractivity contribution < 1.29 is 0 Å². The molecule has 0 aliphatic rings. The van der Waals surface area contributed by atoms with Gasteiger partial charge in [0, 0.05) is 12.4 Å². The molecule has 90 valence electrons. The third-order valence-corrected chi connectivity index (χ3v) is 3.10. The number of hydrogen-bond donors (Lipinski definition) is 0. The summed E-state index contributed by atoms with van der Waals surface area (Å²) < 4.78 is 2.10. The van der Waals surface area contributed by atoms with Crippen LogP contribution >= 0.6 is 0 Å². The highest BCUT2D eigenvalue weighted by atomic mass is 15.0. The van der Waals surface area contributed by atoms with Gasteiger partial charge in [-0.1, -0.05) is 39.8 Å². The summed E-state index contributed by atoms with van der Waals surface area (Å²) in [6, 6.07) is 6.54. The molecule has 0 amide bonds. The fraction of sp³-hybridized carbons (Fsp3) is 0.400. The van der Waals surface area contributed by atoms with Crippen molar-refractivity contribution in [2.24, 2.45) is 0 Å². The van der Waals surface area contributed by atoms with Crippen LogP contribution in [0.5, 0.6) is 0 Å². The molecule has 2 rings (SSSR count). The van der Waals surface area contributed by atoms with Crippen LogP contribution in [0.4, 0.5) is 0 Å². The minimum absolute atomic E-state index is 0.519. The van der Waals surface area contributed by atoms with Gasteiger partial charge in [0.2, 0.25) is 0 Å². The maximum absolute atomic E-state index is 4.14. The zero-order valence-electron chi connectivity index (χ0n) is 11.0. The third kappa shape index (κ3) is 2.26. The monoisotopic (exact) mass is 228 g/mol. The molecule has 0 unspecified atom stereocenters. The van der Waals surface area contributed by atoms with Crippen molar-refractivity contribution >= 4 is 0 Å². The highest BCUT2D eigenvalue weighted by molar-refractivity contribution is 5.49. The zero-order chi connectivity index (χ0) is 12.4. The highest BCUT2D eigenvalue weighted by Crippen LogP contribution is 2.31. The standard InChI is InChI=1S/C15H20N2/c1-11(2)13-6-5-7-14(15(13)12(3)4)17-9-8-16-10-17/h5-12H,1-4H3. The molecule has 2 heteroatoms. The van der Waals surface area contributed by atoms with Gasteiger partial charge in [-0.05, 0) is 29.0 Å². The van der Waals surface area contributed by atoms with E-state index in [1.807, 2.05) is 18.7 Å². The summed E-state index contributed by atoms with van der Waals surface area (Å²) in [5.41, 5.74) is 4.12. The molecule has 1 aromatic carbocycles. The molecule has 0 aliphatic carbocycles. The SMILES string of the molecule is CC(C)c1cccc(-n2ccnc2)c1C(C)C. The summed E-state index contributed by atoms with van der Waals surface area (Å²) in [5, 5.41) is 0. The van der Waals surface area contributed by atoms with E-state index in [2.05, 4.69) is 55.4 Å². The van der Waals surface area contributed by atoms with Gasteiger partial charge < -0.3 is 4.57 Å². The van der Waals surface area contributed by atoms with Crippen LogP contribution in [0.15, 0.2) is 36.9 Å². The number of imidazole rings is 1.